The molecule has 1 saturated heterocycles. The second-order valence-corrected chi connectivity index (χ2v) is 5.74. The molecule has 1 aliphatic heterocycles. The summed E-state index contributed by atoms with van der Waals surface area (Å²) in [7, 11) is 0. The minimum atomic E-state index is -0.120. The molecule has 1 heterocycles. The Bertz CT molecular complexity index is 526. The van der Waals surface area contributed by atoms with Crippen LogP contribution in [0.1, 0.15) is 16.8 Å². The van der Waals surface area contributed by atoms with Crippen LogP contribution in [-0.2, 0) is 4.79 Å². The quantitative estimate of drug-likeness (QED) is 0.890. The number of carbonyl (C=O) groups is 2. The second-order valence-electron chi connectivity index (χ2n) is 4.87. The predicted octanol–water partition coefficient (Wildman–Crippen LogP) is 2.05. The van der Waals surface area contributed by atoms with Crippen LogP contribution in [0.25, 0.3) is 0 Å². The molecule has 2 amide bonds. The van der Waals surface area contributed by atoms with Crippen molar-refractivity contribution < 1.29 is 9.59 Å². The average Bonchev–Trinajstić information content (AvgIpc) is 2.46. The van der Waals surface area contributed by atoms with Gasteiger partial charge in [0.25, 0.3) is 5.91 Å². The molecule has 22 heavy (non-hydrogen) atoms. The lowest BCUT2D eigenvalue weighted by molar-refractivity contribution is -0.132. The van der Waals surface area contributed by atoms with Gasteiger partial charge < -0.3 is 15.5 Å². The van der Waals surface area contributed by atoms with E-state index in [0.717, 1.165) is 0 Å². The molecule has 0 unspecified atom stereocenters. The SMILES string of the molecule is Cl.NCCC(=O)N1CCN(C(=O)c2cc(Cl)cc(Cl)c2)CC1. The summed E-state index contributed by atoms with van der Waals surface area (Å²) < 4.78 is 0. The van der Waals surface area contributed by atoms with Crippen LogP contribution in [0.4, 0.5) is 0 Å². The van der Waals surface area contributed by atoms with Crippen molar-refractivity contribution in [3.63, 3.8) is 0 Å². The fourth-order valence-corrected chi connectivity index (χ4v) is 2.83. The molecule has 0 spiro atoms. The Morgan fingerprint density at radius 3 is 2.00 bits per heavy atom. The van der Waals surface area contributed by atoms with Crippen molar-refractivity contribution in [2.24, 2.45) is 5.73 Å². The fraction of sp³-hybridized carbons (Fsp3) is 0.429. The van der Waals surface area contributed by atoms with Gasteiger partial charge in [0, 0.05) is 54.8 Å². The molecule has 0 bridgehead atoms. The summed E-state index contributed by atoms with van der Waals surface area (Å²) in [5.41, 5.74) is 5.85. The third kappa shape index (κ3) is 4.74. The number of piperazine rings is 1. The van der Waals surface area contributed by atoms with Crippen molar-refractivity contribution in [1.82, 2.24) is 9.80 Å². The van der Waals surface area contributed by atoms with Crippen LogP contribution in [0.2, 0.25) is 10.0 Å². The first kappa shape index (κ1) is 19.0. The van der Waals surface area contributed by atoms with Gasteiger partial charge in [-0.1, -0.05) is 23.2 Å². The third-order valence-corrected chi connectivity index (χ3v) is 3.82. The van der Waals surface area contributed by atoms with Crippen LogP contribution in [0, 0.1) is 0 Å². The van der Waals surface area contributed by atoms with Gasteiger partial charge >= 0.3 is 0 Å². The van der Waals surface area contributed by atoms with E-state index in [1.165, 1.54) is 0 Å². The number of rotatable bonds is 3. The van der Waals surface area contributed by atoms with Gasteiger partial charge in [-0.05, 0) is 18.2 Å². The molecule has 1 aromatic carbocycles. The van der Waals surface area contributed by atoms with Crippen molar-refractivity contribution in [2.75, 3.05) is 32.7 Å². The molecule has 0 atom stereocenters. The summed E-state index contributed by atoms with van der Waals surface area (Å²) in [5, 5.41) is 0.866. The van der Waals surface area contributed by atoms with Gasteiger partial charge in [-0.2, -0.15) is 0 Å². The van der Waals surface area contributed by atoms with E-state index in [-0.39, 0.29) is 24.2 Å². The number of halogens is 3. The lowest BCUT2D eigenvalue weighted by Crippen LogP contribution is -2.50. The van der Waals surface area contributed by atoms with E-state index in [4.69, 9.17) is 28.9 Å². The van der Waals surface area contributed by atoms with Crippen molar-refractivity contribution in [1.29, 1.82) is 0 Å². The molecule has 2 rings (SSSR count). The molecule has 5 nitrogen and oxygen atoms in total. The molecule has 0 aliphatic carbocycles. The van der Waals surface area contributed by atoms with Gasteiger partial charge in [-0.3, -0.25) is 9.59 Å². The maximum Gasteiger partial charge on any atom is 0.254 e. The summed E-state index contributed by atoms with van der Waals surface area (Å²) in [6.07, 6.45) is 0.345. The normalized spacial score (nSPS) is 14.5. The highest BCUT2D eigenvalue weighted by Crippen LogP contribution is 2.20. The maximum absolute atomic E-state index is 12.4. The minimum absolute atomic E-state index is 0. The van der Waals surface area contributed by atoms with Crippen LogP contribution >= 0.6 is 35.6 Å². The maximum atomic E-state index is 12.4. The van der Waals surface area contributed by atoms with Gasteiger partial charge in [-0.25, -0.2) is 0 Å². The van der Waals surface area contributed by atoms with E-state index >= 15 is 0 Å². The second kappa shape index (κ2) is 8.58. The van der Waals surface area contributed by atoms with Gasteiger partial charge in [0.2, 0.25) is 5.91 Å². The molecule has 0 aromatic heterocycles. The van der Waals surface area contributed by atoms with Crippen molar-refractivity contribution in [3.8, 4) is 0 Å². The molecule has 2 N–H and O–H groups in total. The standard InChI is InChI=1S/C14H17Cl2N3O2.ClH/c15-11-7-10(8-12(16)9-11)14(21)19-5-3-18(4-6-19)13(20)1-2-17;/h7-9H,1-6,17H2;1H. The molecular formula is C14H18Cl3N3O2. The van der Waals surface area contributed by atoms with Gasteiger partial charge in [-0.15, -0.1) is 12.4 Å². The first-order valence-corrected chi connectivity index (χ1v) is 7.50. The number of hydrogen-bond donors (Lipinski definition) is 1. The zero-order valence-corrected chi connectivity index (χ0v) is 14.3. The molecule has 122 valence electrons. The lowest BCUT2D eigenvalue weighted by Gasteiger charge is -2.34. The van der Waals surface area contributed by atoms with E-state index in [0.29, 0.717) is 54.8 Å². The molecule has 0 radical (unpaired) electrons. The highest BCUT2D eigenvalue weighted by Gasteiger charge is 2.24. The smallest absolute Gasteiger partial charge is 0.254 e. The Labute approximate surface area is 145 Å². The molecule has 0 saturated carbocycles. The van der Waals surface area contributed by atoms with Crippen LogP contribution in [0.5, 0.6) is 0 Å². The summed E-state index contributed by atoms with van der Waals surface area (Å²) in [4.78, 5) is 27.6. The molecule has 1 fully saturated rings. The topological polar surface area (TPSA) is 66.6 Å². The van der Waals surface area contributed by atoms with Crippen molar-refractivity contribution in [2.45, 2.75) is 6.42 Å². The number of nitrogens with two attached hydrogens (primary N) is 1. The third-order valence-electron chi connectivity index (χ3n) is 3.39. The lowest BCUT2D eigenvalue weighted by atomic mass is 10.1. The largest absolute Gasteiger partial charge is 0.339 e. The first-order valence-electron chi connectivity index (χ1n) is 6.74. The number of hydrogen-bond acceptors (Lipinski definition) is 3. The minimum Gasteiger partial charge on any atom is -0.339 e. The Morgan fingerprint density at radius 1 is 1.00 bits per heavy atom. The van der Waals surface area contributed by atoms with E-state index < -0.39 is 0 Å². The number of nitrogens with zero attached hydrogens (tertiary/aromatic N) is 2. The summed E-state index contributed by atoms with van der Waals surface area (Å²) >= 11 is 11.8. The Hall–Kier alpha value is -1.01. The molecular weight excluding hydrogens is 349 g/mol. The highest BCUT2D eigenvalue weighted by molar-refractivity contribution is 6.35. The first-order chi connectivity index (χ1) is 10.0. The zero-order valence-electron chi connectivity index (χ0n) is 11.9. The summed E-state index contributed by atoms with van der Waals surface area (Å²) in [6.45, 7) is 2.40. The fourth-order valence-electron chi connectivity index (χ4n) is 2.30. The van der Waals surface area contributed by atoms with Gasteiger partial charge in [0.15, 0.2) is 0 Å². The Morgan fingerprint density at radius 2 is 1.50 bits per heavy atom. The van der Waals surface area contributed by atoms with E-state index in [1.54, 1.807) is 28.0 Å². The predicted molar refractivity (Wildman–Crippen MR) is 89.9 cm³/mol. The van der Waals surface area contributed by atoms with Crippen LogP contribution in [0.15, 0.2) is 18.2 Å². The molecule has 1 aliphatic rings. The van der Waals surface area contributed by atoms with Crippen molar-refractivity contribution >= 4 is 47.4 Å². The highest BCUT2D eigenvalue weighted by atomic mass is 35.5. The Kier molecular flexibility index (Phi) is 7.42. The van der Waals surface area contributed by atoms with Crippen LogP contribution in [-0.4, -0.2) is 54.3 Å². The van der Waals surface area contributed by atoms with E-state index in [9.17, 15) is 9.59 Å². The van der Waals surface area contributed by atoms with Gasteiger partial charge in [0.1, 0.15) is 0 Å². The monoisotopic (exact) mass is 365 g/mol. The van der Waals surface area contributed by atoms with Crippen LogP contribution < -0.4 is 5.73 Å². The number of carbonyl (C=O) groups excluding carboxylic acids is 2. The van der Waals surface area contributed by atoms with Crippen LogP contribution in [0.3, 0.4) is 0 Å². The number of benzene rings is 1. The van der Waals surface area contributed by atoms with Crippen molar-refractivity contribution in [3.05, 3.63) is 33.8 Å². The Balaban J connectivity index is 0.00000242. The van der Waals surface area contributed by atoms with Gasteiger partial charge in [0.05, 0.1) is 0 Å². The molecule has 1 aromatic rings. The summed E-state index contributed by atoms with van der Waals surface area (Å²) in [5.74, 6) is -0.0827. The zero-order chi connectivity index (χ0) is 15.4. The van der Waals surface area contributed by atoms with E-state index in [2.05, 4.69) is 0 Å². The summed E-state index contributed by atoms with van der Waals surface area (Å²) in [6, 6.07) is 4.78. The number of amides is 2. The van der Waals surface area contributed by atoms with E-state index in [1.807, 2.05) is 0 Å². The molecule has 8 heteroatoms. The average molecular weight is 367 g/mol.